The molecule has 1 unspecified atom stereocenters. The summed E-state index contributed by atoms with van der Waals surface area (Å²) in [6.45, 7) is 5.19. The normalized spacial score (nSPS) is 12.3. The average molecular weight is 359 g/mol. The van der Waals surface area contributed by atoms with Crippen LogP contribution in [0.4, 0.5) is 4.79 Å². The van der Waals surface area contributed by atoms with Crippen molar-refractivity contribution in [2.75, 3.05) is 0 Å². The molecular formula is C17H21N5O4. The highest BCUT2D eigenvalue weighted by Gasteiger charge is 2.24. The van der Waals surface area contributed by atoms with Crippen LogP contribution in [0, 0.1) is 0 Å². The van der Waals surface area contributed by atoms with Crippen LogP contribution in [-0.2, 0) is 9.53 Å². The molecule has 138 valence electrons. The standard InChI is InChI=1S/C17H21N5O4/c1-17(2,3)26-16(25)18-12(9-10-13(23)24)15-21-19-14(20-22-15)11-7-5-4-6-8-11/h4-8,12H,9-10H2,1-3H3,(H,18,25)(H,23,24). The number of hydrogen-bond acceptors (Lipinski definition) is 7. The van der Waals surface area contributed by atoms with Crippen molar-refractivity contribution in [3.05, 3.63) is 36.2 Å². The van der Waals surface area contributed by atoms with E-state index in [-0.39, 0.29) is 18.7 Å². The highest BCUT2D eigenvalue weighted by Crippen LogP contribution is 2.17. The number of ether oxygens (including phenoxy) is 1. The van der Waals surface area contributed by atoms with Crippen molar-refractivity contribution in [3.8, 4) is 11.4 Å². The van der Waals surface area contributed by atoms with E-state index in [2.05, 4.69) is 25.7 Å². The molecule has 0 saturated heterocycles. The Morgan fingerprint density at radius 2 is 1.73 bits per heavy atom. The minimum absolute atomic E-state index is 0.0859. The number of amides is 1. The van der Waals surface area contributed by atoms with Crippen LogP contribution in [-0.4, -0.2) is 43.2 Å². The van der Waals surface area contributed by atoms with Crippen LogP contribution < -0.4 is 5.32 Å². The molecule has 1 heterocycles. The highest BCUT2D eigenvalue weighted by molar-refractivity contribution is 5.69. The van der Waals surface area contributed by atoms with Gasteiger partial charge in [0, 0.05) is 12.0 Å². The van der Waals surface area contributed by atoms with Gasteiger partial charge in [-0.05, 0) is 27.2 Å². The van der Waals surface area contributed by atoms with E-state index >= 15 is 0 Å². The second-order valence-electron chi connectivity index (χ2n) is 6.58. The van der Waals surface area contributed by atoms with Gasteiger partial charge in [0.1, 0.15) is 5.60 Å². The lowest BCUT2D eigenvalue weighted by Gasteiger charge is -2.22. The van der Waals surface area contributed by atoms with Gasteiger partial charge in [-0.25, -0.2) is 4.79 Å². The lowest BCUT2D eigenvalue weighted by molar-refractivity contribution is -0.137. The lowest BCUT2D eigenvalue weighted by Crippen LogP contribution is -2.36. The monoisotopic (exact) mass is 359 g/mol. The Kier molecular flexibility index (Phi) is 6.16. The summed E-state index contributed by atoms with van der Waals surface area (Å²) in [4.78, 5) is 22.9. The number of carboxylic acids is 1. The van der Waals surface area contributed by atoms with E-state index in [0.717, 1.165) is 5.56 Å². The predicted molar refractivity (Wildman–Crippen MR) is 92.0 cm³/mol. The van der Waals surface area contributed by atoms with Crippen molar-refractivity contribution in [1.82, 2.24) is 25.7 Å². The third kappa shape index (κ3) is 6.08. The Bertz CT molecular complexity index is 744. The molecule has 0 aliphatic rings. The number of alkyl carbamates (subject to hydrolysis) is 1. The molecule has 0 fully saturated rings. The number of benzene rings is 1. The Hall–Kier alpha value is -3.10. The fourth-order valence-electron chi connectivity index (χ4n) is 2.06. The van der Waals surface area contributed by atoms with Gasteiger partial charge < -0.3 is 15.2 Å². The topological polar surface area (TPSA) is 127 Å². The summed E-state index contributed by atoms with van der Waals surface area (Å²) >= 11 is 0. The van der Waals surface area contributed by atoms with E-state index < -0.39 is 23.7 Å². The smallest absolute Gasteiger partial charge is 0.408 e. The number of rotatable bonds is 6. The van der Waals surface area contributed by atoms with Gasteiger partial charge in [0.05, 0.1) is 6.04 Å². The zero-order chi connectivity index (χ0) is 19.2. The van der Waals surface area contributed by atoms with Gasteiger partial charge in [-0.3, -0.25) is 4.79 Å². The predicted octanol–water partition coefficient (Wildman–Crippen LogP) is 2.36. The first-order valence-electron chi connectivity index (χ1n) is 8.08. The molecule has 0 spiro atoms. The van der Waals surface area contributed by atoms with Crippen molar-refractivity contribution in [1.29, 1.82) is 0 Å². The van der Waals surface area contributed by atoms with Crippen molar-refractivity contribution < 1.29 is 19.4 Å². The third-order valence-electron chi connectivity index (χ3n) is 3.18. The van der Waals surface area contributed by atoms with Gasteiger partial charge in [-0.1, -0.05) is 30.3 Å². The number of carbonyl (C=O) groups is 2. The molecule has 1 atom stereocenters. The van der Waals surface area contributed by atoms with Crippen LogP contribution in [0.1, 0.15) is 45.5 Å². The summed E-state index contributed by atoms with van der Waals surface area (Å²) in [5, 5.41) is 27.5. The second-order valence-corrected chi connectivity index (χ2v) is 6.58. The lowest BCUT2D eigenvalue weighted by atomic mass is 10.1. The van der Waals surface area contributed by atoms with E-state index in [4.69, 9.17) is 9.84 Å². The van der Waals surface area contributed by atoms with Gasteiger partial charge in [-0.2, -0.15) is 0 Å². The number of aliphatic carboxylic acids is 1. The zero-order valence-electron chi connectivity index (χ0n) is 14.8. The third-order valence-corrected chi connectivity index (χ3v) is 3.18. The number of carbonyl (C=O) groups excluding carboxylic acids is 1. The van der Waals surface area contributed by atoms with Gasteiger partial charge in [0.15, 0.2) is 5.82 Å². The molecule has 0 aliphatic carbocycles. The molecule has 1 aromatic carbocycles. The fraction of sp³-hybridized carbons (Fsp3) is 0.412. The van der Waals surface area contributed by atoms with Gasteiger partial charge >= 0.3 is 12.1 Å². The molecule has 0 bridgehead atoms. The first kappa shape index (κ1) is 19.2. The van der Waals surface area contributed by atoms with Crippen LogP contribution in [0.15, 0.2) is 30.3 Å². The van der Waals surface area contributed by atoms with Crippen molar-refractivity contribution in [2.45, 2.75) is 45.3 Å². The maximum absolute atomic E-state index is 12.0. The molecule has 9 nitrogen and oxygen atoms in total. The maximum Gasteiger partial charge on any atom is 0.408 e. The summed E-state index contributed by atoms with van der Waals surface area (Å²) in [5.74, 6) is -0.539. The Morgan fingerprint density at radius 1 is 1.12 bits per heavy atom. The summed E-state index contributed by atoms with van der Waals surface area (Å²) in [7, 11) is 0. The quantitative estimate of drug-likeness (QED) is 0.804. The maximum atomic E-state index is 12.0. The van der Waals surface area contributed by atoms with Crippen molar-refractivity contribution in [3.63, 3.8) is 0 Å². The number of hydrogen-bond donors (Lipinski definition) is 2. The van der Waals surface area contributed by atoms with Gasteiger partial charge in [-0.15, -0.1) is 20.4 Å². The average Bonchev–Trinajstić information content (AvgIpc) is 2.58. The molecule has 2 rings (SSSR count). The van der Waals surface area contributed by atoms with Crippen LogP contribution >= 0.6 is 0 Å². The zero-order valence-corrected chi connectivity index (χ0v) is 14.8. The van der Waals surface area contributed by atoms with Gasteiger partial charge in [0.25, 0.3) is 0 Å². The minimum Gasteiger partial charge on any atom is -0.481 e. The van der Waals surface area contributed by atoms with E-state index in [1.165, 1.54) is 0 Å². The largest absolute Gasteiger partial charge is 0.481 e. The molecule has 9 heteroatoms. The van der Waals surface area contributed by atoms with E-state index in [0.29, 0.717) is 5.82 Å². The number of aromatic nitrogens is 4. The van der Waals surface area contributed by atoms with Crippen LogP contribution in [0.3, 0.4) is 0 Å². The van der Waals surface area contributed by atoms with Crippen LogP contribution in [0.2, 0.25) is 0 Å². The molecule has 2 N–H and O–H groups in total. The Labute approximate surface area is 150 Å². The van der Waals surface area contributed by atoms with Crippen LogP contribution in [0.25, 0.3) is 11.4 Å². The van der Waals surface area contributed by atoms with Crippen LogP contribution in [0.5, 0.6) is 0 Å². The summed E-state index contributed by atoms with van der Waals surface area (Å²) in [5.41, 5.74) is 0.0666. The molecule has 0 radical (unpaired) electrons. The minimum atomic E-state index is -0.997. The first-order valence-corrected chi connectivity index (χ1v) is 8.08. The Balaban J connectivity index is 2.16. The SMILES string of the molecule is CC(C)(C)OC(=O)NC(CCC(=O)O)c1nnc(-c2ccccc2)nn1. The second kappa shape index (κ2) is 8.32. The number of nitrogens with one attached hydrogen (secondary N) is 1. The summed E-state index contributed by atoms with van der Waals surface area (Å²) < 4.78 is 5.20. The van der Waals surface area contributed by atoms with Crippen molar-refractivity contribution in [2.24, 2.45) is 0 Å². The molecule has 0 aliphatic heterocycles. The molecule has 1 amide bonds. The molecule has 0 saturated carbocycles. The molecule has 2 aromatic rings. The number of nitrogens with zero attached hydrogens (tertiary/aromatic N) is 4. The molecular weight excluding hydrogens is 338 g/mol. The van der Waals surface area contributed by atoms with E-state index in [1.807, 2.05) is 30.3 Å². The molecule has 26 heavy (non-hydrogen) atoms. The fourth-order valence-corrected chi connectivity index (χ4v) is 2.06. The Morgan fingerprint density at radius 3 is 2.27 bits per heavy atom. The molecule has 1 aromatic heterocycles. The van der Waals surface area contributed by atoms with E-state index in [9.17, 15) is 9.59 Å². The van der Waals surface area contributed by atoms with Crippen molar-refractivity contribution >= 4 is 12.1 Å². The summed E-state index contributed by atoms with van der Waals surface area (Å²) in [6.07, 6.45) is -0.781. The van der Waals surface area contributed by atoms with E-state index in [1.54, 1.807) is 20.8 Å². The first-order chi connectivity index (χ1) is 12.2. The number of carboxylic acid groups (broad SMARTS) is 1. The highest BCUT2D eigenvalue weighted by atomic mass is 16.6. The summed E-state index contributed by atoms with van der Waals surface area (Å²) in [6, 6.07) is 8.41. The van der Waals surface area contributed by atoms with Gasteiger partial charge in [0.2, 0.25) is 5.82 Å².